The van der Waals surface area contributed by atoms with E-state index in [1.165, 1.54) is 11.9 Å². The van der Waals surface area contributed by atoms with Gasteiger partial charge in [-0.05, 0) is 75.5 Å². The SMILES string of the molecule is CP(CC(C)(C)CCC(=O)OC(C)(C)C)Oc1ccc(SN)cc1. The quantitative estimate of drug-likeness (QED) is 0.386. The zero-order valence-electron chi connectivity index (χ0n) is 15.6. The van der Waals surface area contributed by atoms with Crippen molar-refractivity contribution in [1.29, 1.82) is 0 Å². The predicted molar refractivity (Wildman–Crippen MR) is 104 cm³/mol. The van der Waals surface area contributed by atoms with E-state index in [0.29, 0.717) is 6.42 Å². The molecular weight excluding hydrogens is 341 g/mol. The van der Waals surface area contributed by atoms with Crippen LogP contribution in [0, 0.1) is 5.41 Å². The normalized spacial score (nSPS) is 13.5. The molecule has 0 bridgehead atoms. The molecule has 6 heteroatoms. The largest absolute Gasteiger partial charge is 0.474 e. The Hall–Kier alpha value is -0.770. The Labute approximate surface area is 151 Å². The van der Waals surface area contributed by atoms with Crippen molar-refractivity contribution in [2.24, 2.45) is 10.6 Å². The Kier molecular flexibility index (Phi) is 8.04. The second-order valence-corrected chi connectivity index (χ2v) is 10.2. The Morgan fingerprint density at radius 2 is 1.75 bits per heavy atom. The summed E-state index contributed by atoms with van der Waals surface area (Å²) < 4.78 is 11.4. The summed E-state index contributed by atoms with van der Waals surface area (Å²) in [6.45, 7) is 12.1. The summed E-state index contributed by atoms with van der Waals surface area (Å²) >= 11 is 1.23. The zero-order valence-corrected chi connectivity index (χ0v) is 17.3. The maximum Gasteiger partial charge on any atom is 0.306 e. The third-order valence-electron chi connectivity index (χ3n) is 3.30. The average Bonchev–Trinajstić information content (AvgIpc) is 2.44. The van der Waals surface area contributed by atoms with E-state index in [1.807, 2.05) is 45.0 Å². The molecule has 1 aromatic carbocycles. The smallest absolute Gasteiger partial charge is 0.306 e. The zero-order chi connectivity index (χ0) is 18.4. The van der Waals surface area contributed by atoms with Gasteiger partial charge in [-0.1, -0.05) is 13.8 Å². The molecule has 0 saturated heterocycles. The van der Waals surface area contributed by atoms with Crippen LogP contribution in [0.5, 0.6) is 5.75 Å². The lowest BCUT2D eigenvalue weighted by Gasteiger charge is -2.28. The summed E-state index contributed by atoms with van der Waals surface area (Å²) in [6.07, 6.45) is 2.16. The van der Waals surface area contributed by atoms with Crippen molar-refractivity contribution in [3.05, 3.63) is 24.3 Å². The van der Waals surface area contributed by atoms with Gasteiger partial charge in [0.25, 0.3) is 0 Å². The van der Waals surface area contributed by atoms with Crippen molar-refractivity contribution in [1.82, 2.24) is 0 Å². The highest BCUT2D eigenvalue weighted by Crippen LogP contribution is 2.42. The standard InChI is InChI=1S/C18H30NO3PS/c1-17(2,3)21-16(20)11-12-18(4,5)13-23(6)22-14-7-9-15(24-19)10-8-14/h7-10H,11-13,19H2,1-6H3. The van der Waals surface area contributed by atoms with Gasteiger partial charge in [-0.3, -0.25) is 9.93 Å². The number of rotatable bonds is 8. The minimum atomic E-state index is -0.607. The van der Waals surface area contributed by atoms with Crippen molar-refractivity contribution in [2.45, 2.75) is 58.0 Å². The van der Waals surface area contributed by atoms with Crippen molar-refractivity contribution >= 4 is 26.1 Å². The summed E-state index contributed by atoms with van der Waals surface area (Å²) in [5.41, 5.74) is -0.389. The Morgan fingerprint density at radius 1 is 1.17 bits per heavy atom. The number of esters is 1. The van der Waals surface area contributed by atoms with Crippen LogP contribution < -0.4 is 9.66 Å². The molecule has 1 rings (SSSR count). The number of carbonyl (C=O) groups excluding carboxylic acids is 1. The lowest BCUT2D eigenvalue weighted by Crippen LogP contribution is -2.25. The molecule has 0 fully saturated rings. The topological polar surface area (TPSA) is 61.5 Å². The van der Waals surface area contributed by atoms with E-state index < -0.39 is 13.7 Å². The van der Waals surface area contributed by atoms with E-state index in [-0.39, 0.29) is 11.4 Å². The van der Waals surface area contributed by atoms with Crippen LogP contribution in [0.15, 0.2) is 29.2 Å². The fourth-order valence-electron chi connectivity index (χ4n) is 2.31. The van der Waals surface area contributed by atoms with Gasteiger partial charge in [0.15, 0.2) is 0 Å². The van der Waals surface area contributed by atoms with Crippen LogP contribution in [0.4, 0.5) is 0 Å². The van der Waals surface area contributed by atoms with Crippen molar-refractivity contribution in [3.63, 3.8) is 0 Å². The number of nitrogens with two attached hydrogens (primary N) is 1. The average molecular weight is 371 g/mol. The molecule has 1 atom stereocenters. The summed E-state index contributed by atoms with van der Waals surface area (Å²) in [6, 6.07) is 7.80. The van der Waals surface area contributed by atoms with Crippen LogP contribution in [-0.4, -0.2) is 24.4 Å². The molecular formula is C18H30NO3PS. The van der Waals surface area contributed by atoms with Gasteiger partial charge in [0.2, 0.25) is 0 Å². The first-order valence-corrected chi connectivity index (χ1v) is 10.9. The van der Waals surface area contributed by atoms with E-state index in [1.54, 1.807) is 0 Å². The van der Waals surface area contributed by atoms with Crippen LogP contribution in [0.3, 0.4) is 0 Å². The predicted octanol–water partition coefficient (Wildman–Crippen LogP) is 5.21. The van der Waals surface area contributed by atoms with Gasteiger partial charge in [0, 0.05) is 17.5 Å². The minimum Gasteiger partial charge on any atom is -0.474 e. The van der Waals surface area contributed by atoms with Crippen molar-refractivity contribution < 1.29 is 14.1 Å². The molecule has 0 aliphatic carbocycles. The van der Waals surface area contributed by atoms with E-state index >= 15 is 0 Å². The first-order chi connectivity index (χ1) is 11.0. The molecule has 0 aromatic heterocycles. The van der Waals surface area contributed by atoms with E-state index in [0.717, 1.165) is 23.2 Å². The third kappa shape index (κ3) is 8.91. The highest BCUT2D eigenvalue weighted by Gasteiger charge is 2.25. The first-order valence-electron chi connectivity index (χ1n) is 8.08. The fourth-order valence-corrected chi connectivity index (χ4v) is 4.51. The highest BCUT2D eigenvalue weighted by molar-refractivity contribution is 7.97. The Balaban J connectivity index is 2.45. The number of hydrogen-bond donors (Lipinski definition) is 1. The Morgan fingerprint density at radius 3 is 2.25 bits per heavy atom. The molecule has 1 aromatic rings. The van der Waals surface area contributed by atoms with Crippen LogP contribution in [0.2, 0.25) is 0 Å². The maximum atomic E-state index is 11.9. The lowest BCUT2D eigenvalue weighted by molar-refractivity contribution is -0.155. The summed E-state index contributed by atoms with van der Waals surface area (Å²) in [7, 11) is -0.607. The van der Waals surface area contributed by atoms with Gasteiger partial charge in [0.05, 0.1) is 8.15 Å². The molecule has 4 nitrogen and oxygen atoms in total. The summed E-state index contributed by atoms with van der Waals surface area (Å²) in [4.78, 5) is 12.9. The van der Waals surface area contributed by atoms with Gasteiger partial charge < -0.3 is 9.26 Å². The van der Waals surface area contributed by atoms with E-state index in [4.69, 9.17) is 14.4 Å². The molecule has 24 heavy (non-hydrogen) atoms. The van der Waals surface area contributed by atoms with Gasteiger partial charge in [0.1, 0.15) is 11.4 Å². The van der Waals surface area contributed by atoms with Crippen LogP contribution in [0.1, 0.15) is 47.5 Å². The van der Waals surface area contributed by atoms with Gasteiger partial charge in [-0.15, -0.1) is 0 Å². The highest BCUT2D eigenvalue weighted by atomic mass is 32.2. The molecule has 0 amide bonds. The molecule has 0 saturated carbocycles. The molecule has 2 N–H and O–H groups in total. The first kappa shape index (κ1) is 21.3. The van der Waals surface area contributed by atoms with Crippen molar-refractivity contribution in [3.8, 4) is 5.75 Å². The molecule has 0 aliphatic rings. The van der Waals surface area contributed by atoms with E-state index in [9.17, 15) is 4.79 Å². The minimum absolute atomic E-state index is 0.0322. The molecule has 0 heterocycles. The molecule has 1 unspecified atom stereocenters. The monoisotopic (exact) mass is 371 g/mol. The summed E-state index contributed by atoms with van der Waals surface area (Å²) in [5, 5.41) is 5.52. The lowest BCUT2D eigenvalue weighted by atomic mass is 9.90. The van der Waals surface area contributed by atoms with Gasteiger partial charge in [-0.2, -0.15) is 0 Å². The maximum absolute atomic E-state index is 11.9. The van der Waals surface area contributed by atoms with Gasteiger partial charge in [-0.25, -0.2) is 0 Å². The van der Waals surface area contributed by atoms with Crippen molar-refractivity contribution in [2.75, 3.05) is 12.8 Å². The second kappa shape index (κ2) is 9.07. The molecule has 0 radical (unpaired) electrons. The van der Waals surface area contributed by atoms with Crippen LogP contribution >= 0.6 is 20.1 Å². The molecule has 136 valence electrons. The fraction of sp³-hybridized carbons (Fsp3) is 0.611. The molecule has 0 aliphatic heterocycles. The Bertz CT molecular complexity index is 526. The number of carbonyl (C=O) groups is 1. The third-order valence-corrected chi connectivity index (χ3v) is 5.67. The number of hydrogen-bond acceptors (Lipinski definition) is 5. The molecule has 0 spiro atoms. The van der Waals surface area contributed by atoms with Gasteiger partial charge >= 0.3 is 5.97 Å². The van der Waals surface area contributed by atoms with Crippen LogP contribution in [0.25, 0.3) is 0 Å². The number of benzene rings is 1. The van der Waals surface area contributed by atoms with E-state index in [2.05, 4.69) is 20.5 Å². The number of ether oxygens (including phenoxy) is 1. The van der Waals surface area contributed by atoms with Crippen LogP contribution in [-0.2, 0) is 9.53 Å². The second-order valence-electron chi connectivity index (χ2n) is 7.72. The summed E-state index contributed by atoms with van der Waals surface area (Å²) in [5.74, 6) is 0.733.